The highest BCUT2D eigenvalue weighted by molar-refractivity contribution is 7.88. The number of nitrogens with one attached hydrogen (secondary N) is 1. The van der Waals surface area contributed by atoms with Gasteiger partial charge in [0.25, 0.3) is 0 Å². The third-order valence-corrected chi connectivity index (χ3v) is 7.78. The number of piperidine rings is 1. The van der Waals surface area contributed by atoms with Crippen LogP contribution in [0.15, 0.2) is 0 Å². The molecule has 1 amide bonds. The molecule has 0 aliphatic carbocycles. The summed E-state index contributed by atoms with van der Waals surface area (Å²) in [6, 6.07) is -0.365. The molecule has 0 radical (unpaired) electrons. The number of rotatable bonds is 10. The summed E-state index contributed by atoms with van der Waals surface area (Å²) in [6.07, 6.45) is 3.14. The second kappa shape index (κ2) is 11.7. The van der Waals surface area contributed by atoms with Gasteiger partial charge in [-0.25, -0.2) is 8.42 Å². The summed E-state index contributed by atoms with van der Waals surface area (Å²) in [5.41, 5.74) is 0. The topological polar surface area (TPSA) is 107 Å². The molecule has 1 atom stereocenters. The van der Waals surface area contributed by atoms with E-state index in [2.05, 4.69) is 15.1 Å². The fraction of sp³-hybridized carbons (Fsp3) is 0.864. The van der Waals surface area contributed by atoms with Gasteiger partial charge in [-0.3, -0.25) is 24.2 Å². The molecule has 0 aromatic carbocycles. The van der Waals surface area contributed by atoms with Crippen LogP contribution in [0, 0.1) is 11.8 Å². The number of ketones is 2. The summed E-state index contributed by atoms with van der Waals surface area (Å²) in [7, 11) is -3.13. The molecule has 0 aromatic heterocycles. The van der Waals surface area contributed by atoms with Crippen LogP contribution in [0.5, 0.6) is 0 Å². The summed E-state index contributed by atoms with van der Waals surface area (Å²) in [5.74, 6) is -0.784. The molecule has 2 aliphatic heterocycles. The van der Waals surface area contributed by atoms with Crippen molar-refractivity contribution >= 4 is 27.5 Å². The van der Waals surface area contributed by atoms with Crippen LogP contribution in [-0.4, -0.2) is 104 Å². The summed E-state index contributed by atoms with van der Waals surface area (Å²) in [5, 5.41) is 2.80. The lowest BCUT2D eigenvalue weighted by atomic mass is 9.94. The Morgan fingerprint density at radius 3 is 1.94 bits per heavy atom. The average molecular weight is 473 g/mol. The zero-order valence-electron chi connectivity index (χ0n) is 20.2. The molecule has 2 fully saturated rings. The van der Waals surface area contributed by atoms with Crippen molar-refractivity contribution in [3.05, 3.63) is 0 Å². The Morgan fingerprint density at radius 1 is 0.906 bits per heavy atom. The molecule has 2 heterocycles. The van der Waals surface area contributed by atoms with Crippen LogP contribution in [0.4, 0.5) is 0 Å². The molecule has 184 valence electrons. The Labute approximate surface area is 192 Å². The third-order valence-electron chi connectivity index (χ3n) is 6.48. The SMILES string of the molecule is CC(C)C(=O)CC(NC(=O)CN1CCC(N2CCN(S(C)(=O)=O)CC2)CC1)C(=O)C(C)C. The number of carbonyl (C=O) groups is 3. The number of carbonyl (C=O) groups excluding carboxylic acids is 3. The van der Waals surface area contributed by atoms with Crippen LogP contribution in [0.1, 0.15) is 47.0 Å². The number of hydrogen-bond acceptors (Lipinski definition) is 7. The molecule has 1 N–H and O–H groups in total. The quantitative estimate of drug-likeness (QED) is 0.489. The lowest BCUT2D eigenvalue weighted by molar-refractivity contribution is -0.132. The monoisotopic (exact) mass is 472 g/mol. The van der Waals surface area contributed by atoms with E-state index in [1.54, 1.807) is 27.7 Å². The smallest absolute Gasteiger partial charge is 0.234 e. The predicted octanol–water partition coefficient (Wildman–Crippen LogP) is 0.353. The van der Waals surface area contributed by atoms with Crippen molar-refractivity contribution in [1.82, 2.24) is 19.4 Å². The molecule has 0 spiro atoms. The molecular formula is C22H40N4O5S. The summed E-state index contributed by atoms with van der Waals surface area (Å²) in [4.78, 5) is 41.7. The van der Waals surface area contributed by atoms with Crippen molar-refractivity contribution in [2.45, 2.75) is 59.0 Å². The Balaban J connectivity index is 1.81. The summed E-state index contributed by atoms with van der Waals surface area (Å²) < 4.78 is 24.9. The molecule has 2 aliphatic rings. The Morgan fingerprint density at radius 2 is 1.47 bits per heavy atom. The fourth-order valence-corrected chi connectivity index (χ4v) is 5.17. The van der Waals surface area contributed by atoms with Gasteiger partial charge >= 0.3 is 0 Å². The maximum Gasteiger partial charge on any atom is 0.234 e. The van der Waals surface area contributed by atoms with Gasteiger partial charge in [-0.1, -0.05) is 27.7 Å². The highest BCUT2D eigenvalue weighted by Crippen LogP contribution is 2.19. The second-order valence-electron chi connectivity index (χ2n) is 9.71. The maximum atomic E-state index is 12.6. The molecule has 2 saturated heterocycles. The first-order valence-electron chi connectivity index (χ1n) is 11.7. The molecular weight excluding hydrogens is 432 g/mol. The van der Waals surface area contributed by atoms with Crippen molar-refractivity contribution in [3.63, 3.8) is 0 Å². The fourth-order valence-electron chi connectivity index (χ4n) is 4.35. The van der Waals surface area contributed by atoms with Crippen LogP contribution in [0.25, 0.3) is 0 Å². The van der Waals surface area contributed by atoms with E-state index in [1.807, 2.05) is 0 Å². The van der Waals surface area contributed by atoms with Crippen LogP contribution < -0.4 is 5.32 Å². The van der Waals surface area contributed by atoms with Crippen molar-refractivity contribution in [2.24, 2.45) is 11.8 Å². The third kappa shape index (κ3) is 7.90. The summed E-state index contributed by atoms with van der Waals surface area (Å²) in [6.45, 7) is 11.5. The van der Waals surface area contributed by atoms with Crippen LogP contribution in [0.2, 0.25) is 0 Å². The number of hydrogen-bond donors (Lipinski definition) is 1. The van der Waals surface area contributed by atoms with E-state index >= 15 is 0 Å². The average Bonchev–Trinajstić information content (AvgIpc) is 2.72. The zero-order valence-corrected chi connectivity index (χ0v) is 21.0. The van der Waals surface area contributed by atoms with Gasteiger partial charge in [-0.15, -0.1) is 0 Å². The van der Waals surface area contributed by atoms with Gasteiger partial charge in [0.2, 0.25) is 15.9 Å². The molecule has 0 bridgehead atoms. The van der Waals surface area contributed by atoms with Gasteiger partial charge in [0, 0.05) is 63.6 Å². The van der Waals surface area contributed by atoms with Gasteiger partial charge in [0.15, 0.2) is 5.78 Å². The van der Waals surface area contributed by atoms with E-state index in [9.17, 15) is 22.8 Å². The Hall–Kier alpha value is -1.36. The van der Waals surface area contributed by atoms with Crippen molar-refractivity contribution in [2.75, 3.05) is 52.1 Å². The Bertz CT molecular complexity index is 767. The minimum absolute atomic E-state index is 0.0268. The van der Waals surface area contributed by atoms with E-state index in [0.717, 1.165) is 39.0 Å². The lowest BCUT2D eigenvalue weighted by Gasteiger charge is -2.42. The number of sulfonamides is 1. The number of amides is 1. The standard InChI is InChI=1S/C22H40N4O5S/c1-16(2)20(27)14-19(22(29)17(3)4)23-21(28)15-24-8-6-18(7-9-24)25-10-12-26(13-11-25)32(5,30)31/h16-19H,6-15H2,1-5H3,(H,23,28). The molecule has 1 unspecified atom stereocenters. The van der Waals surface area contributed by atoms with Gasteiger partial charge in [-0.05, 0) is 12.8 Å². The predicted molar refractivity (Wildman–Crippen MR) is 124 cm³/mol. The maximum absolute atomic E-state index is 12.6. The van der Waals surface area contributed by atoms with Gasteiger partial charge in [-0.2, -0.15) is 4.31 Å². The van der Waals surface area contributed by atoms with E-state index in [1.165, 1.54) is 10.6 Å². The molecule has 0 aromatic rings. The number of piperazine rings is 1. The molecule has 2 rings (SSSR count). The summed E-state index contributed by atoms with van der Waals surface area (Å²) >= 11 is 0. The number of nitrogens with zero attached hydrogens (tertiary/aromatic N) is 3. The normalized spacial score (nSPS) is 21.1. The molecule has 9 nitrogen and oxygen atoms in total. The van der Waals surface area contributed by atoms with Gasteiger partial charge in [0.05, 0.1) is 18.8 Å². The van der Waals surface area contributed by atoms with E-state index in [4.69, 9.17) is 0 Å². The van der Waals surface area contributed by atoms with E-state index < -0.39 is 16.1 Å². The zero-order chi connectivity index (χ0) is 24.1. The lowest BCUT2D eigenvalue weighted by Crippen LogP contribution is -2.55. The molecule has 10 heteroatoms. The van der Waals surface area contributed by atoms with Crippen molar-refractivity contribution in [3.8, 4) is 0 Å². The van der Waals surface area contributed by atoms with Crippen molar-refractivity contribution in [1.29, 1.82) is 0 Å². The number of Topliss-reactive ketones (excluding diaryl/α,β-unsaturated/α-hetero) is 2. The first-order valence-corrected chi connectivity index (χ1v) is 13.5. The first-order chi connectivity index (χ1) is 14.9. The highest BCUT2D eigenvalue weighted by Gasteiger charge is 2.31. The van der Waals surface area contributed by atoms with Gasteiger partial charge in [0.1, 0.15) is 5.78 Å². The van der Waals surface area contributed by atoms with Crippen LogP contribution >= 0.6 is 0 Å². The first kappa shape index (κ1) is 26.9. The highest BCUT2D eigenvalue weighted by atomic mass is 32.2. The minimum Gasteiger partial charge on any atom is -0.345 e. The largest absolute Gasteiger partial charge is 0.345 e. The van der Waals surface area contributed by atoms with Crippen LogP contribution in [-0.2, 0) is 24.4 Å². The molecule has 0 saturated carbocycles. The second-order valence-corrected chi connectivity index (χ2v) is 11.7. The Kier molecular flexibility index (Phi) is 9.81. The van der Waals surface area contributed by atoms with Crippen LogP contribution in [0.3, 0.4) is 0 Å². The minimum atomic E-state index is -3.13. The van der Waals surface area contributed by atoms with E-state index in [-0.39, 0.29) is 42.3 Å². The van der Waals surface area contributed by atoms with E-state index in [0.29, 0.717) is 19.1 Å². The molecule has 32 heavy (non-hydrogen) atoms. The number of likely N-dealkylation sites (tertiary alicyclic amines) is 1. The van der Waals surface area contributed by atoms with Gasteiger partial charge < -0.3 is 5.32 Å². The van der Waals surface area contributed by atoms with Crippen molar-refractivity contribution < 1.29 is 22.8 Å².